The van der Waals surface area contributed by atoms with Gasteiger partial charge in [0, 0.05) is 5.69 Å². The van der Waals surface area contributed by atoms with Gasteiger partial charge in [-0.25, -0.2) is 13.1 Å². The minimum Gasteiger partial charge on any atom is -0.508 e. The number of anilines is 1. The third-order valence-corrected chi connectivity index (χ3v) is 7.61. The molecule has 10 heteroatoms. The van der Waals surface area contributed by atoms with Crippen molar-refractivity contribution >= 4 is 23.3 Å². The Morgan fingerprint density at radius 2 is 1.54 bits per heavy atom. The highest BCUT2D eigenvalue weighted by Crippen LogP contribution is 2.60. The van der Waals surface area contributed by atoms with Crippen LogP contribution in [0.1, 0.15) is 25.2 Å². The minimum atomic E-state index is -3.61. The van der Waals surface area contributed by atoms with Crippen LogP contribution in [-0.4, -0.2) is 33.8 Å². The average molecular weight is 428 g/mol. The summed E-state index contributed by atoms with van der Waals surface area (Å²) in [6.45, 7) is 3.81. The fourth-order valence-corrected chi connectivity index (χ4v) is 5.22. The van der Waals surface area contributed by atoms with E-state index >= 15 is 0 Å². The summed E-state index contributed by atoms with van der Waals surface area (Å²) in [5.41, 5.74) is 1.13. The molecule has 0 amide bonds. The maximum Gasteiger partial charge on any atom is 0.357 e. The van der Waals surface area contributed by atoms with Crippen molar-refractivity contribution in [1.82, 2.24) is 4.72 Å². The molecule has 0 saturated carbocycles. The standard InChI is InChI=1S/C18H25N2O6PS/c1-4-25-27(22,26-5-2)18(14-6-10-16(21)11-7-14)20-15-8-12-17(13-9-15)28(23,24)19-3/h6-13,18-21H,4-5H2,1-3H3. The van der Waals surface area contributed by atoms with E-state index in [2.05, 4.69) is 10.0 Å². The summed E-state index contributed by atoms with van der Waals surface area (Å²) in [4.78, 5) is 0.111. The van der Waals surface area contributed by atoms with Crippen LogP contribution in [0.3, 0.4) is 0 Å². The van der Waals surface area contributed by atoms with Crippen LogP contribution >= 0.6 is 7.60 Å². The van der Waals surface area contributed by atoms with Gasteiger partial charge in [-0.3, -0.25) is 4.57 Å². The molecule has 1 atom stereocenters. The maximum absolute atomic E-state index is 13.4. The number of hydrogen-bond donors (Lipinski definition) is 3. The van der Waals surface area contributed by atoms with E-state index in [0.717, 1.165) is 0 Å². The van der Waals surface area contributed by atoms with Crippen molar-refractivity contribution in [3.8, 4) is 5.75 Å². The van der Waals surface area contributed by atoms with E-state index in [9.17, 15) is 18.1 Å². The van der Waals surface area contributed by atoms with Gasteiger partial charge >= 0.3 is 7.60 Å². The van der Waals surface area contributed by atoms with Gasteiger partial charge in [-0.15, -0.1) is 0 Å². The summed E-state index contributed by atoms with van der Waals surface area (Å²) in [7, 11) is -5.83. The zero-order valence-electron chi connectivity index (χ0n) is 16.0. The molecule has 0 saturated heterocycles. The predicted octanol–water partition coefficient (Wildman–Crippen LogP) is 3.68. The van der Waals surface area contributed by atoms with Crippen molar-refractivity contribution in [3.05, 3.63) is 54.1 Å². The molecule has 28 heavy (non-hydrogen) atoms. The molecule has 0 fully saturated rings. The lowest BCUT2D eigenvalue weighted by molar-refractivity contribution is 0.214. The SMILES string of the molecule is CCOP(=O)(OCC)C(Nc1ccc(S(=O)(=O)NC)cc1)c1ccc(O)cc1. The van der Waals surface area contributed by atoms with E-state index in [-0.39, 0.29) is 23.9 Å². The maximum atomic E-state index is 13.4. The largest absolute Gasteiger partial charge is 0.508 e. The molecule has 0 bridgehead atoms. The van der Waals surface area contributed by atoms with Crippen LogP contribution in [0.25, 0.3) is 0 Å². The molecule has 8 nitrogen and oxygen atoms in total. The number of benzene rings is 2. The summed E-state index contributed by atoms with van der Waals surface area (Å²) in [5, 5.41) is 12.7. The Bertz CT molecular complexity index is 906. The zero-order chi connectivity index (χ0) is 20.8. The summed E-state index contributed by atoms with van der Waals surface area (Å²) >= 11 is 0. The molecule has 0 heterocycles. The topological polar surface area (TPSA) is 114 Å². The van der Waals surface area contributed by atoms with E-state index in [4.69, 9.17) is 9.05 Å². The Hall–Kier alpha value is -1.90. The zero-order valence-corrected chi connectivity index (χ0v) is 17.7. The van der Waals surface area contributed by atoms with Gasteiger partial charge in [-0.05, 0) is 62.9 Å². The molecule has 3 N–H and O–H groups in total. The second kappa shape index (κ2) is 9.54. The van der Waals surface area contributed by atoms with E-state index in [1.165, 1.54) is 31.3 Å². The molecular formula is C18H25N2O6PS. The monoisotopic (exact) mass is 428 g/mol. The van der Waals surface area contributed by atoms with E-state index in [0.29, 0.717) is 11.3 Å². The number of sulfonamides is 1. The Morgan fingerprint density at radius 3 is 2.00 bits per heavy atom. The van der Waals surface area contributed by atoms with Crippen LogP contribution in [0.2, 0.25) is 0 Å². The molecule has 154 valence electrons. The Balaban J connectivity index is 2.42. The lowest BCUT2D eigenvalue weighted by Gasteiger charge is -2.28. The average Bonchev–Trinajstić information content (AvgIpc) is 2.67. The van der Waals surface area contributed by atoms with E-state index < -0.39 is 23.4 Å². The second-order valence-electron chi connectivity index (χ2n) is 5.75. The molecule has 0 aromatic heterocycles. The van der Waals surface area contributed by atoms with Crippen molar-refractivity contribution in [3.63, 3.8) is 0 Å². The highest BCUT2D eigenvalue weighted by molar-refractivity contribution is 7.89. The Morgan fingerprint density at radius 1 is 1.00 bits per heavy atom. The molecule has 0 spiro atoms. The van der Waals surface area contributed by atoms with Crippen LogP contribution < -0.4 is 10.0 Å². The number of phenols is 1. The molecule has 2 aromatic carbocycles. The Labute approximate surface area is 165 Å². The number of aromatic hydroxyl groups is 1. The van der Waals surface area contributed by atoms with Gasteiger partial charge in [0.25, 0.3) is 0 Å². The van der Waals surface area contributed by atoms with Crippen molar-refractivity contribution in [2.75, 3.05) is 25.6 Å². The number of hydrogen-bond acceptors (Lipinski definition) is 7. The first-order valence-corrected chi connectivity index (χ1v) is 11.8. The fourth-order valence-electron chi connectivity index (χ4n) is 2.55. The van der Waals surface area contributed by atoms with Crippen LogP contribution in [-0.2, 0) is 23.6 Å². The minimum absolute atomic E-state index is 0.0757. The Kier molecular flexibility index (Phi) is 7.63. The smallest absolute Gasteiger partial charge is 0.357 e. The van der Waals surface area contributed by atoms with Crippen LogP contribution in [0.4, 0.5) is 5.69 Å². The number of nitrogens with one attached hydrogen (secondary N) is 2. The molecule has 0 radical (unpaired) electrons. The van der Waals surface area contributed by atoms with Gasteiger partial charge in [0.15, 0.2) is 5.78 Å². The highest BCUT2D eigenvalue weighted by atomic mass is 32.2. The summed E-state index contributed by atoms with van der Waals surface area (Å²) < 4.78 is 50.4. The summed E-state index contributed by atoms with van der Waals surface area (Å²) in [5.74, 6) is -0.772. The highest BCUT2D eigenvalue weighted by Gasteiger charge is 2.37. The molecule has 0 aliphatic rings. The quantitative estimate of drug-likeness (QED) is 0.495. The normalized spacial score (nSPS) is 13.2. The van der Waals surface area contributed by atoms with Gasteiger partial charge in [0.05, 0.1) is 18.1 Å². The summed E-state index contributed by atoms with van der Waals surface area (Å²) in [6, 6.07) is 12.2. The molecule has 0 aliphatic carbocycles. The van der Waals surface area contributed by atoms with Crippen LogP contribution in [0, 0.1) is 0 Å². The third kappa shape index (κ3) is 5.33. The predicted molar refractivity (Wildman–Crippen MR) is 108 cm³/mol. The van der Waals surface area contributed by atoms with Crippen LogP contribution in [0.5, 0.6) is 5.75 Å². The molecule has 2 rings (SSSR count). The van der Waals surface area contributed by atoms with Gasteiger partial charge < -0.3 is 19.5 Å². The molecular weight excluding hydrogens is 403 g/mol. The first-order valence-electron chi connectivity index (χ1n) is 8.73. The van der Waals surface area contributed by atoms with Gasteiger partial charge in [-0.1, -0.05) is 12.1 Å². The van der Waals surface area contributed by atoms with Crippen molar-refractivity contribution in [2.24, 2.45) is 0 Å². The number of phenolic OH excluding ortho intramolecular Hbond substituents is 1. The molecule has 1 unspecified atom stereocenters. The van der Waals surface area contributed by atoms with Gasteiger partial charge in [0.2, 0.25) is 10.0 Å². The first kappa shape index (κ1) is 22.4. The lowest BCUT2D eigenvalue weighted by Crippen LogP contribution is -2.18. The van der Waals surface area contributed by atoms with Gasteiger partial charge in [0.1, 0.15) is 5.75 Å². The molecule has 2 aromatic rings. The van der Waals surface area contributed by atoms with E-state index in [1.54, 1.807) is 38.1 Å². The number of rotatable bonds is 10. The van der Waals surface area contributed by atoms with Crippen LogP contribution in [0.15, 0.2) is 53.4 Å². The molecule has 0 aliphatic heterocycles. The van der Waals surface area contributed by atoms with E-state index in [1.807, 2.05) is 0 Å². The third-order valence-electron chi connectivity index (χ3n) is 3.88. The first-order chi connectivity index (χ1) is 13.3. The summed E-state index contributed by atoms with van der Waals surface area (Å²) in [6.07, 6.45) is 0. The van der Waals surface area contributed by atoms with Crippen molar-refractivity contribution < 1.29 is 27.1 Å². The van der Waals surface area contributed by atoms with Crippen molar-refractivity contribution in [2.45, 2.75) is 24.5 Å². The second-order valence-corrected chi connectivity index (χ2v) is 9.74. The fraction of sp³-hybridized carbons (Fsp3) is 0.333. The van der Waals surface area contributed by atoms with Crippen molar-refractivity contribution in [1.29, 1.82) is 0 Å². The lowest BCUT2D eigenvalue weighted by atomic mass is 10.2. The van der Waals surface area contributed by atoms with Gasteiger partial charge in [-0.2, -0.15) is 0 Å².